The first kappa shape index (κ1) is 17.6. The number of hydrogen-bond donors (Lipinski definition) is 0. The van der Waals surface area contributed by atoms with Crippen LogP contribution in [0.4, 0.5) is 5.69 Å². The summed E-state index contributed by atoms with van der Waals surface area (Å²) in [7, 11) is 0.923. The summed E-state index contributed by atoms with van der Waals surface area (Å²) in [6.45, 7) is 4.48. The number of quaternary nitrogens is 1. The number of rotatable bonds is 1. The predicted octanol–water partition coefficient (Wildman–Crippen LogP) is 3.26. The number of nitrogens with zero attached hydrogens (tertiary/aromatic N) is 1. The van der Waals surface area contributed by atoms with E-state index < -0.39 is 10.4 Å². The molecule has 0 atom stereocenters. The highest BCUT2D eigenvalue weighted by Crippen LogP contribution is 2.45. The van der Waals surface area contributed by atoms with Crippen molar-refractivity contribution >= 4 is 32.4 Å². The Balaban J connectivity index is 0.000000277. The van der Waals surface area contributed by atoms with Gasteiger partial charge in [0.05, 0.1) is 26.8 Å². The lowest BCUT2D eigenvalue weighted by atomic mass is 9.99. The molecule has 124 valence electrons. The fourth-order valence-electron chi connectivity index (χ4n) is 2.90. The maximum absolute atomic E-state index is 9.22. The molecular formula is C17H21NO4S. The minimum absolute atomic E-state index is 0.808. The molecule has 23 heavy (non-hydrogen) atoms. The quantitative estimate of drug-likeness (QED) is 0.456. The zero-order chi connectivity index (χ0) is 17.4. The summed E-state index contributed by atoms with van der Waals surface area (Å²) in [5, 5.41) is 2.71. The Labute approximate surface area is 137 Å². The van der Waals surface area contributed by atoms with E-state index in [-0.39, 0.29) is 0 Å². The van der Waals surface area contributed by atoms with Gasteiger partial charge in [-0.25, -0.2) is 8.42 Å². The first-order chi connectivity index (χ1) is 10.6. The van der Waals surface area contributed by atoms with E-state index in [9.17, 15) is 13.0 Å². The van der Waals surface area contributed by atoms with Crippen LogP contribution in [-0.4, -0.2) is 34.2 Å². The molecule has 3 rings (SSSR count). The van der Waals surface area contributed by atoms with Gasteiger partial charge in [0.25, 0.3) is 0 Å². The van der Waals surface area contributed by atoms with Crippen LogP contribution < -0.4 is 4.48 Å². The third kappa shape index (κ3) is 3.30. The third-order valence-electron chi connectivity index (χ3n) is 4.47. The summed E-state index contributed by atoms with van der Waals surface area (Å²) in [6.07, 6.45) is 0. The van der Waals surface area contributed by atoms with Crippen molar-refractivity contribution in [3.05, 3.63) is 47.7 Å². The Morgan fingerprint density at radius 1 is 1.04 bits per heavy atom. The second kappa shape index (κ2) is 6.05. The van der Waals surface area contributed by atoms with Crippen LogP contribution in [0.2, 0.25) is 0 Å². The summed E-state index contributed by atoms with van der Waals surface area (Å²) in [5.74, 6) is 0. The molecule has 5 nitrogen and oxygen atoms in total. The number of fused-ring (bicyclic) bond motifs is 3. The number of allylic oxidation sites excluding steroid dienone is 2. The molecule has 1 heterocycles. The second-order valence-electron chi connectivity index (χ2n) is 5.92. The zero-order valence-electron chi connectivity index (χ0n) is 14.0. The molecule has 0 bridgehead atoms. The summed E-state index contributed by atoms with van der Waals surface area (Å²) in [5.41, 5.74) is 5.72. The number of benzene rings is 2. The first-order valence-corrected chi connectivity index (χ1v) is 8.49. The molecule has 6 heteroatoms. The van der Waals surface area contributed by atoms with E-state index >= 15 is 0 Å². The molecule has 0 N–H and O–H groups in total. The van der Waals surface area contributed by atoms with Crippen molar-refractivity contribution in [2.45, 2.75) is 13.8 Å². The average molecular weight is 335 g/mol. The summed E-state index contributed by atoms with van der Waals surface area (Å²) in [6, 6.07) is 13.2. The maximum atomic E-state index is 9.22. The van der Waals surface area contributed by atoms with Gasteiger partial charge in [0, 0.05) is 18.6 Å². The van der Waals surface area contributed by atoms with Crippen molar-refractivity contribution in [1.29, 1.82) is 0 Å². The molecule has 1 aliphatic heterocycles. The predicted molar refractivity (Wildman–Crippen MR) is 92.6 cm³/mol. The number of hydrogen-bond acceptors (Lipinski definition) is 4. The molecule has 0 fully saturated rings. The van der Waals surface area contributed by atoms with Crippen LogP contribution in [0.25, 0.3) is 16.3 Å². The molecule has 0 aromatic heterocycles. The molecule has 2 aromatic carbocycles. The largest absolute Gasteiger partial charge is 0.726 e. The highest BCUT2D eigenvalue weighted by Gasteiger charge is 2.35. The van der Waals surface area contributed by atoms with E-state index in [1.165, 1.54) is 33.3 Å². The van der Waals surface area contributed by atoms with Gasteiger partial charge in [0.2, 0.25) is 10.4 Å². The van der Waals surface area contributed by atoms with Gasteiger partial charge in [-0.15, -0.1) is 0 Å². The highest BCUT2D eigenvalue weighted by atomic mass is 32.3. The summed E-state index contributed by atoms with van der Waals surface area (Å²) in [4.78, 5) is 0. The van der Waals surface area contributed by atoms with Crippen molar-refractivity contribution in [1.82, 2.24) is 4.48 Å². The molecule has 0 saturated heterocycles. The second-order valence-corrected chi connectivity index (χ2v) is 7.07. The van der Waals surface area contributed by atoms with E-state index in [0.29, 0.717) is 0 Å². The van der Waals surface area contributed by atoms with Gasteiger partial charge in [0.1, 0.15) is 11.4 Å². The van der Waals surface area contributed by atoms with E-state index in [2.05, 4.69) is 68.5 Å². The van der Waals surface area contributed by atoms with Crippen LogP contribution in [0, 0.1) is 0 Å². The van der Waals surface area contributed by atoms with Crippen molar-refractivity contribution in [3.63, 3.8) is 0 Å². The van der Waals surface area contributed by atoms with Crippen molar-refractivity contribution in [3.8, 4) is 0 Å². The first-order valence-electron chi connectivity index (χ1n) is 7.15. The van der Waals surface area contributed by atoms with E-state index in [1.54, 1.807) is 0 Å². The lowest BCUT2D eigenvalue weighted by molar-refractivity contribution is 0.314. The summed E-state index contributed by atoms with van der Waals surface area (Å²) >= 11 is 0. The SMILES string of the molecule is CC1=C(C)[N+](C)(C)c2ccc3ccccc3c21.COS(=O)(=O)[O-]. The molecule has 0 unspecified atom stereocenters. The fraction of sp³-hybridized carbons (Fsp3) is 0.294. The molecule has 0 radical (unpaired) electrons. The van der Waals surface area contributed by atoms with Crippen LogP contribution in [0.5, 0.6) is 0 Å². The highest BCUT2D eigenvalue weighted by molar-refractivity contribution is 7.80. The van der Waals surface area contributed by atoms with Gasteiger partial charge >= 0.3 is 0 Å². The Morgan fingerprint density at radius 3 is 2.17 bits per heavy atom. The third-order valence-corrected chi connectivity index (χ3v) is 4.88. The molecule has 0 amide bonds. The fourth-order valence-corrected chi connectivity index (χ4v) is 2.90. The topological polar surface area (TPSA) is 66.4 Å². The Kier molecular flexibility index (Phi) is 4.64. The molecular weight excluding hydrogens is 314 g/mol. The van der Waals surface area contributed by atoms with Crippen LogP contribution >= 0.6 is 0 Å². The van der Waals surface area contributed by atoms with E-state index in [1.807, 2.05) is 0 Å². The van der Waals surface area contributed by atoms with Gasteiger partial charge in [-0.2, -0.15) is 0 Å². The van der Waals surface area contributed by atoms with Crippen molar-refractivity contribution in [2.24, 2.45) is 0 Å². The molecule has 0 aliphatic carbocycles. The normalized spacial score (nSPS) is 16.1. The molecule has 0 spiro atoms. The minimum Gasteiger partial charge on any atom is -0.726 e. The van der Waals surface area contributed by atoms with Crippen LogP contribution in [0.15, 0.2) is 42.1 Å². The van der Waals surface area contributed by atoms with Gasteiger partial charge in [-0.1, -0.05) is 24.3 Å². The minimum atomic E-state index is -4.41. The van der Waals surface area contributed by atoms with Crippen LogP contribution in [0.1, 0.15) is 19.4 Å². The maximum Gasteiger partial charge on any atom is 0.217 e. The Bertz CT molecular complexity index is 883. The Hall–Kier alpha value is -1.73. The average Bonchev–Trinajstić information content (AvgIpc) is 2.68. The standard InChI is InChI=1S/C16H18N.CH4O4S/c1-11-12(2)17(3,4)15-10-9-13-7-5-6-8-14(13)16(11)15;1-5-6(2,3)4/h5-10H,1-4H3;1H3,(H,2,3,4)/q+1;/p-1. The molecule has 0 saturated carbocycles. The molecule has 2 aromatic rings. The molecule has 1 aliphatic rings. The van der Waals surface area contributed by atoms with Gasteiger partial charge in [-0.05, 0) is 23.8 Å². The zero-order valence-corrected chi connectivity index (χ0v) is 14.8. The lowest BCUT2D eigenvalue weighted by Crippen LogP contribution is -2.35. The van der Waals surface area contributed by atoms with Gasteiger partial charge in [0.15, 0.2) is 0 Å². The van der Waals surface area contributed by atoms with Gasteiger partial charge < -0.3 is 4.55 Å². The summed E-state index contributed by atoms with van der Waals surface area (Å²) < 4.78 is 31.9. The van der Waals surface area contributed by atoms with Crippen molar-refractivity contribution < 1.29 is 17.2 Å². The monoisotopic (exact) mass is 335 g/mol. The Morgan fingerprint density at radius 2 is 1.61 bits per heavy atom. The van der Waals surface area contributed by atoms with E-state index in [0.717, 1.165) is 11.6 Å². The van der Waals surface area contributed by atoms with Crippen LogP contribution in [0.3, 0.4) is 0 Å². The van der Waals surface area contributed by atoms with E-state index in [4.69, 9.17) is 0 Å². The lowest BCUT2D eigenvalue weighted by Gasteiger charge is -2.26. The van der Waals surface area contributed by atoms with Gasteiger partial charge in [-0.3, -0.25) is 8.67 Å². The van der Waals surface area contributed by atoms with Crippen LogP contribution in [-0.2, 0) is 14.6 Å². The van der Waals surface area contributed by atoms with Crippen molar-refractivity contribution in [2.75, 3.05) is 21.2 Å². The smallest absolute Gasteiger partial charge is 0.217 e.